The van der Waals surface area contributed by atoms with Gasteiger partial charge in [-0.25, -0.2) is 0 Å². The highest BCUT2D eigenvalue weighted by molar-refractivity contribution is 6.74. The number of rotatable bonds is 4. The first kappa shape index (κ1) is 18.1. The molecule has 1 aliphatic carbocycles. The number of benzene rings is 1. The lowest BCUT2D eigenvalue weighted by Gasteiger charge is -2.39. The SMILES string of the molecule is CC(C)(C)[Si](C)(C)O[C@@H]1CC=CC[C@H](Cc2ccccc2)C1=O. The molecule has 2 nitrogen and oxygen atoms in total. The third-order valence-electron chi connectivity index (χ3n) is 5.23. The minimum absolute atomic E-state index is 0.0333. The van der Waals surface area contributed by atoms with E-state index >= 15 is 0 Å². The lowest BCUT2D eigenvalue weighted by Crippen LogP contribution is -2.47. The molecule has 0 fully saturated rings. The van der Waals surface area contributed by atoms with Crippen molar-refractivity contribution >= 4 is 14.1 Å². The van der Waals surface area contributed by atoms with Crippen LogP contribution in [-0.4, -0.2) is 20.2 Å². The molecule has 0 N–H and O–H groups in total. The lowest BCUT2D eigenvalue weighted by atomic mass is 9.91. The Bertz CT molecular complexity index is 555. The second-order valence-electron chi connectivity index (χ2n) is 8.10. The molecule has 0 heterocycles. The molecule has 0 bridgehead atoms. The summed E-state index contributed by atoms with van der Waals surface area (Å²) in [5.41, 5.74) is 1.23. The van der Waals surface area contributed by atoms with Crippen LogP contribution in [0.3, 0.4) is 0 Å². The zero-order valence-electron chi connectivity index (χ0n) is 15.1. The number of Topliss-reactive ketones (excluding diaryl/α,β-unsaturated/α-hetero) is 1. The molecule has 0 aromatic heterocycles. The maximum Gasteiger partial charge on any atom is 0.193 e. The summed E-state index contributed by atoms with van der Waals surface area (Å²) >= 11 is 0. The van der Waals surface area contributed by atoms with Crippen molar-refractivity contribution in [1.29, 1.82) is 0 Å². The topological polar surface area (TPSA) is 26.3 Å². The lowest BCUT2D eigenvalue weighted by molar-refractivity contribution is -0.129. The van der Waals surface area contributed by atoms with Crippen LogP contribution in [0.2, 0.25) is 18.1 Å². The number of carbonyl (C=O) groups excluding carboxylic acids is 1. The fourth-order valence-electron chi connectivity index (χ4n) is 2.70. The van der Waals surface area contributed by atoms with Crippen LogP contribution in [0.15, 0.2) is 42.5 Å². The van der Waals surface area contributed by atoms with Crippen molar-refractivity contribution in [3.8, 4) is 0 Å². The van der Waals surface area contributed by atoms with E-state index in [2.05, 4.69) is 58.2 Å². The molecule has 0 aliphatic heterocycles. The molecule has 2 rings (SSSR count). The first-order valence-corrected chi connectivity index (χ1v) is 11.5. The normalized spacial score (nSPS) is 22.9. The Labute approximate surface area is 142 Å². The van der Waals surface area contributed by atoms with E-state index in [1.165, 1.54) is 5.56 Å². The van der Waals surface area contributed by atoms with Gasteiger partial charge in [-0.2, -0.15) is 0 Å². The first-order chi connectivity index (χ1) is 10.7. The van der Waals surface area contributed by atoms with E-state index in [0.29, 0.717) is 0 Å². The Hall–Kier alpha value is -1.19. The Morgan fingerprint density at radius 1 is 1.09 bits per heavy atom. The van der Waals surface area contributed by atoms with Crippen molar-refractivity contribution in [2.45, 2.75) is 64.3 Å². The monoisotopic (exact) mass is 330 g/mol. The second-order valence-corrected chi connectivity index (χ2v) is 12.9. The minimum Gasteiger partial charge on any atom is -0.407 e. The van der Waals surface area contributed by atoms with Crippen molar-refractivity contribution < 1.29 is 9.22 Å². The van der Waals surface area contributed by atoms with Gasteiger partial charge < -0.3 is 4.43 Å². The van der Waals surface area contributed by atoms with Crippen LogP contribution in [0.4, 0.5) is 0 Å². The van der Waals surface area contributed by atoms with E-state index in [0.717, 1.165) is 19.3 Å². The van der Waals surface area contributed by atoms with Crippen LogP contribution in [0, 0.1) is 5.92 Å². The molecule has 0 spiro atoms. The fraction of sp³-hybridized carbons (Fsp3) is 0.550. The van der Waals surface area contributed by atoms with E-state index in [9.17, 15) is 4.79 Å². The third kappa shape index (κ3) is 4.64. The molecule has 0 amide bonds. The Kier molecular flexibility index (Phi) is 5.64. The average molecular weight is 331 g/mol. The van der Waals surface area contributed by atoms with Gasteiger partial charge in [0.25, 0.3) is 0 Å². The second kappa shape index (κ2) is 7.14. The summed E-state index contributed by atoms with van der Waals surface area (Å²) in [4.78, 5) is 13.0. The van der Waals surface area contributed by atoms with E-state index in [1.54, 1.807) is 0 Å². The first-order valence-electron chi connectivity index (χ1n) is 8.61. The van der Waals surface area contributed by atoms with E-state index in [4.69, 9.17) is 4.43 Å². The zero-order valence-corrected chi connectivity index (χ0v) is 16.1. The van der Waals surface area contributed by atoms with Crippen LogP contribution < -0.4 is 0 Å². The summed E-state index contributed by atoms with van der Waals surface area (Å²) < 4.78 is 6.44. The number of ketones is 1. The summed E-state index contributed by atoms with van der Waals surface area (Å²) in [6, 6.07) is 10.3. The highest BCUT2D eigenvalue weighted by atomic mass is 28.4. The maximum absolute atomic E-state index is 13.0. The van der Waals surface area contributed by atoms with Crippen molar-refractivity contribution in [2.75, 3.05) is 0 Å². The predicted octanol–water partition coefficient (Wildman–Crippen LogP) is 5.15. The molecule has 1 aliphatic rings. The van der Waals surface area contributed by atoms with E-state index in [-0.39, 0.29) is 22.8 Å². The maximum atomic E-state index is 13.0. The van der Waals surface area contributed by atoms with Crippen LogP contribution in [0.25, 0.3) is 0 Å². The molecule has 0 radical (unpaired) electrons. The number of hydrogen-bond donors (Lipinski definition) is 0. The Balaban J connectivity index is 2.12. The molecular formula is C20H30O2Si. The van der Waals surface area contributed by atoms with Gasteiger partial charge in [0.05, 0.1) is 0 Å². The molecule has 2 atom stereocenters. The van der Waals surface area contributed by atoms with Gasteiger partial charge >= 0.3 is 0 Å². The van der Waals surface area contributed by atoms with Gasteiger partial charge in [0.2, 0.25) is 0 Å². The smallest absolute Gasteiger partial charge is 0.193 e. The summed E-state index contributed by atoms with van der Waals surface area (Å²) in [6.07, 6.45) is 6.35. The Morgan fingerprint density at radius 3 is 2.30 bits per heavy atom. The van der Waals surface area contributed by atoms with Crippen LogP contribution in [-0.2, 0) is 15.6 Å². The third-order valence-corrected chi connectivity index (χ3v) is 9.71. The van der Waals surface area contributed by atoms with Crippen LogP contribution >= 0.6 is 0 Å². The molecule has 0 saturated carbocycles. The molecule has 0 saturated heterocycles. The predicted molar refractivity (Wildman–Crippen MR) is 99.1 cm³/mol. The van der Waals surface area contributed by atoms with E-state index < -0.39 is 8.32 Å². The fourth-order valence-corrected chi connectivity index (χ4v) is 3.97. The number of allylic oxidation sites excluding steroid dienone is 1. The van der Waals surface area contributed by atoms with Crippen LogP contribution in [0.5, 0.6) is 0 Å². The molecule has 1 aromatic rings. The summed E-state index contributed by atoms with van der Waals surface area (Å²) in [6.45, 7) is 11.1. The largest absolute Gasteiger partial charge is 0.407 e. The van der Waals surface area contributed by atoms with Gasteiger partial charge in [0.1, 0.15) is 6.10 Å². The average Bonchev–Trinajstić information content (AvgIpc) is 2.63. The van der Waals surface area contributed by atoms with Crippen molar-refractivity contribution in [3.05, 3.63) is 48.0 Å². The number of hydrogen-bond acceptors (Lipinski definition) is 2. The molecule has 23 heavy (non-hydrogen) atoms. The Morgan fingerprint density at radius 2 is 1.70 bits per heavy atom. The molecule has 1 aromatic carbocycles. The number of carbonyl (C=O) groups is 1. The quantitative estimate of drug-likeness (QED) is 0.563. The summed E-state index contributed by atoms with van der Waals surface area (Å²) in [5, 5.41) is 0.123. The van der Waals surface area contributed by atoms with Gasteiger partial charge in [-0.1, -0.05) is 63.3 Å². The van der Waals surface area contributed by atoms with Gasteiger partial charge in [-0.15, -0.1) is 0 Å². The van der Waals surface area contributed by atoms with Crippen molar-refractivity contribution in [1.82, 2.24) is 0 Å². The van der Waals surface area contributed by atoms with Gasteiger partial charge in [-0.3, -0.25) is 4.79 Å². The standard InChI is InChI=1S/C20H30O2Si/c1-20(2,3)23(4,5)22-18-14-10-9-13-17(19(18)21)15-16-11-7-6-8-12-16/h6-12,17-18H,13-15H2,1-5H3/t17-,18-/m1/s1. The highest BCUT2D eigenvalue weighted by Crippen LogP contribution is 2.38. The minimum atomic E-state index is -1.93. The molecule has 126 valence electrons. The van der Waals surface area contributed by atoms with Crippen molar-refractivity contribution in [3.63, 3.8) is 0 Å². The van der Waals surface area contributed by atoms with Gasteiger partial charge in [0.15, 0.2) is 14.1 Å². The zero-order chi connectivity index (χ0) is 17.1. The molecule has 0 unspecified atom stereocenters. The summed E-state index contributed by atoms with van der Waals surface area (Å²) in [7, 11) is -1.93. The van der Waals surface area contributed by atoms with Crippen LogP contribution in [0.1, 0.15) is 39.2 Å². The molecule has 3 heteroatoms. The highest BCUT2D eigenvalue weighted by Gasteiger charge is 2.41. The summed E-state index contributed by atoms with van der Waals surface area (Å²) in [5.74, 6) is 0.314. The van der Waals surface area contributed by atoms with Crippen molar-refractivity contribution in [2.24, 2.45) is 5.92 Å². The molecular weight excluding hydrogens is 300 g/mol. The van der Waals surface area contributed by atoms with E-state index in [1.807, 2.05) is 18.2 Å². The van der Waals surface area contributed by atoms with Gasteiger partial charge in [-0.05, 0) is 43.0 Å². The van der Waals surface area contributed by atoms with Gasteiger partial charge in [0, 0.05) is 5.92 Å².